The Morgan fingerprint density at radius 2 is 2.25 bits per heavy atom. The van der Waals surface area contributed by atoms with Gasteiger partial charge in [0.05, 0.1) is 0 Å². The monoisotopic (exact) mass is 294 g/mol. The Hall–Kier alpha value is -1.09. The molecular weight excluding hydrogens is 272 g/mol. The van der Waals surface area contributed by atoms with Crippen LogP contribution in [0.1, 0.15) is 56.1 Å². The van der Waals surface area contributed by atoms with E-state index in [0.29, 0.717) is 22.7 Å². The van der Waals surface area contributed by atoms with Crippen molar-refractivity contribution < 1.29 is 4.79 Å². The zero-order chi connectivity index (χ0) is 14.7. The number of halogens is 1. The lowest BCUT2D eigenvalue weighted by Gasteiger charge is -2.28. The summed E-state index contributed by atoms with van der Waals surface area (Å²) in [5.41, 5.74) is 1.59. The molecular formula is C16H23ClN2O. The molecule has 1 aliphatic heterocycles. The van der Waals surface area contributed by atoms with Crippen LogP contribution >= 0.6 is 11.6 Å². The molecule has 4 heteroatoms. The summed E-state index contributed by atoms with van der Waals surface area (Å²) in [6.45, 7) is 7.31. The smallest absolute Gasteiger partial charge is 0.254 e. The fourth-order valence-corrected chi connectivity index (χ4v) is 3.19. The van der Waals surface area contributed by atoms with Crippen molar-refractivity contribution in [2.45, 2.75) is 52.5 Å². The van der Waals surface area contributed by atoms with Crippen LogP contribution in [0, 0.1) is 5.92 Å². The fraction of sp³-hybridized carbons (Fsp3) is 0.625. The number of likely N-dealkylation sites (tertiary alicyclic amines) is 1. The Morgan fingerprint density at radius 3 is 2.90 bits per heavy atom. The normalized spacial score (nSPS) is 18.9. The molecule has 1 aromatic rings. The second-order valence-electron chi connectivity index (χ2n) is 5.87. The number of hydrogen-bond donors (Lipinski definition) is 0. The van der Waals surface area contributed by atoms with Crippen molar-refractivity contribution in [2.75, 3.05) is 6.54 Å². The molecule has 2 heterocycles. The van der Waals surface area contributed by atoms with E-state index in [-0.39, 0.29) is 5.91 Å². The highest BCUT2D eigenvalue weighted by molar-refractivity contribution is 6.29. The molecule has 2 rings (SSSR count). The van der Waals surface area contributed by atoms with Crippen molar-refractivity contribution in [3.63, 3.8) is 0 Å². The first-order valence-electron chi connectivity index (χ1n) is 7.50. The minimum atomic E-state index is 0.0999. The van der Waals surface area contributed by atoms with Crippen LogP contribution in [0.5, 0.6) is 0 Å². The highest BCUT2D eigenvalue weighted by Gasteiger charge is 2.31. The Labute approximate surface area is 126 Å². The molecule has 3 nitrogen and oxygen atoms in total. The SMILES string of the molecule is CCCc1cc(C(=O)N2CCCC2C(C)C)cc(Cl)n1. The Bertz CT molecular complexity index is 487. The highest BCUT2D eigenvalue weighted by Crippen LogP contribution is 2.26. The molecule has 0 bridgehead atoms. The number of carbonyl (C=O) groups excluding carboxylic acids is 1. The number of nitrogens with zero attached hydrogens (tertiary/aromatic N) is 2. The van der Waals surface area contributed by atoms with Gasteiger partial charge in [-0.2, -0.15) is 0 Å². The third-order valence-electron chi connectivity index (χ3n) is 3.93. The number of pyridine rings is 1. The van der Waals surface area contributed by atoms with Gasteiger partial charge in [0.2, 0.25) is 0 Å². The van der Waals surface area contributed by atoms with Crippen LogP contribution in [0.2, 0.25) is 5.15 Å². The van der Waals surface area contributed by atoms with Crippen LogP contribution in [0.4, 0.5) is 0 Å². The van der Waals surface area contributed by atoms with Crippen LogP contribution in [0.15, 0.2) is 12.1 Å². The summed E-state index contributed by atoms with van der Waals surface area (Å²) in [5.74, 6) is 0.594. The number of rotatable bonds is 4. The summed E-state index contributed by atoms with van der Waals surface area (Å²) in [6.07, 6.45) is 4.05. The van der Waals surface area contributed by atoms with Crippen molar-refractivity contribution in [2.24, 2.45) is 5.92 Å². The van der Waals surface area contributed by atoms with Crippen molar-refractivity contribution in [3.05, 3.63) is 28.5 Å². The first kappa shape index (κ1) is 15.3. The second-order valence-corrected chi connectivity index (χ2v) is 6.26. The van der Waals surface area contributed by atoms with Crippen molar-refractivity contribution in [1.29, 1.82) is 0 Å². The summed E-state index contributed by atoms with van der Waals surface area (Å²) >= 11 is 6.05. The maximum absolute atomic E-state index is 12.7. The molecule has 1 unspecified atom stereocenters. The van der Waals surface area contributed by atoms with Gasteiger partial charge < -0.3 is 4.90 Å². The quantitative estimate of drug-likeness (QED) is 0.788. The summed E-state index contributed by atoms with van der Waals surface area (Å²) in [6, 6.07) is 3.94. The molecule has 0 aromatic carbocycles. The summed E-state index contributed by atoms with van der Waals surface area (Å²) in [7, 11) is 0. The minimum absolute atomic E-state index is 0.0999. The topological polar surface area (TPSA) is 33.2 Å². The summed E-state index contributed by atoms with van der Waals surface area (Å²) in [4.78, 5) is 19.0. The lowest BCUT2D eigenvalue weighted by Crippen LogP contribution is -2.38. The lowest BCUT2D eigenvalue weighted by atomic mass is 10.0. The van der Waals surface area contributed by atoms with Gasteiger partial charge >= 0.3 is 0 Å². The van der Waals surface area contributed by atoms with Crippen molar-refractivity contribution in [3.8, 4) is 0 Å². The van der Waals surface area contributed by atoms with Gasteiger partial charge in [-0.15, -0.1) is 0 Å². The average molecular weight is 295 g/mol. The minimum Gasteiger partial charge on any atom is -0.335 e. The van der Waals surface area contributed by atoms with Gasteiger partial charge in [0.1, 0.15) is 5.15 Å². The van der Waals surface area contributed by atoms with Crippen LogP contribution in [-0.2, 0) is 6.42 Å². The van der Waals surface area contributed by atoms with Gasteiger partial charge in [-0.25, -0.2) is 4.98 Å². The molecule has 0 N–H and O–H groups in total. The van der Waals surface area contributed by atoms with Crippen molar-refractivity contribution >= 4 is 17.5 Å². The molecule has 20 heavy (non-hydrogen) atoms. The largest absolute Gasteiger partial charge is 0.335 e. The van der Waals surface area contributed by atoms with Gasteiger partial charge in [-0.05, 0) is 37.3 Å². The predicted octanol–water partition coefficient (Wildman–Crippen LogP) is 3.95. The molecule has 0 radical (unpaired) electrons. The third kappa shape index (κ3) is 3.32. The van der Waals surface area contributed by atoms with Crippen LogP contribution in [-0.4, -0.2) is 28.4 Å². The Morgan fingerprint density at radius 1 is 1.50 bits per heavy atom. The zero-order valence-corrected chi connectivity index (χ0v) is 13.3. The van der Waals surface area contributed by atoms with Crippen LogP contribution in [0.3, 0.4) is 0 Å². The average Bonchev–Trinajstić information content (AvgIpc) is 2.86. The number of aryl methyl sites for hydroxylation is 1. The van der Waals surface area contributed by atoms with E-state index in [0.717, 1.165) is 37.9 Å². The first-order valence-corrected chi connectivity index (χ1v) is 7.88. The molecule has 0 aliphatic carbocycles. The van der Waals surface area contributed by atoms with Crippen LogP contribution < -0.4 is 0 Å². The second kappa shape index (κ2) is 6.57. The maximum Gasteiger partial charge on any atom is 0.254 e. The van der Waals surface area contributed by atoms with Gasteiger partial charge in [0.25, 0.3) is 5.91 Å². The van der Waals surface area contributed by atoms with Crippen LogP contribution in [0.25, 0.3) is 0 Å². The van der Waals surface area contributed by atoms with Gasteiger partial charge in [0, 0.05) is 23.8 Å². The molecule has 110 valence electrons. The van der Waals surface area contributed by atoms with E-state index in [4.69, 9.17) is 11.6 Å². The van der Waals surface area contributed by atoms with E-state index in [9.17, 15) is 4.79 Å². The molecule has 1 aliphatic rings. The van der Waals surface area contributed by atoms with E-state index in [1.54, 1.807) is 6.07 Å². The number of amides is 1. The van der Waals surface area contributed by atoms with E-state index in [1.165, 1.54) is 0 Å². The van der Waals surface area contributed by atoms with E-state index in [2.05, 4.69) is 25.8 Å². The molecule has 0 saturated carbocycles. The predicted molar refractivity (Wildman–Crippen MR) is 82.1 cm³/mol. The summed E-state index contributed by atoms with van der Waals surface area (Å²) < 4.78 is 0. The molecule has 1 saturated heterocycles. The number of aromatic nitrogens is 1. The zero-order valence-electron chi connectivity index (χ0n) is 12.5. The number of carbonyl (C=O) groups is 1. The molecule has 1 amide bonds. The molecule has 1 atom stereocenters. The van der Waals surface area contributed by atoms with E-state index >= 15 is 0 Å². The van der Waals surface area contributed by atoms with Gasteiger partial charge in [-0.1, -0.05) is 38.8 Å². The lowest BCUT2D eigenvalue weighted by molar-refractivity contribution is 0.0701. The Balaban J connectivity index is 2.24. The summed E-state index contributed by atoms with van der Waals surface area (Å²) in [5, 5.41) is 0.416. The van der Waals surface area contributed by atoms with E-state index < -0.39 is 0 Å². The number of hydrogen-bond acceptors (Lipinski definition) is 2. The van der Waals surface area contributed by atoms with Crippen molar-refractivity contribution in [1.82, 2.24) is 9.88 Å². The molecule has 1 aromatic heterocycles. The van der Waals surface area contributed by atoms with E-state index in [1.807, 2.05) is 11.0 Å². The highest BCUT2D eigenvalue weighted by atomic mass is 35.5. The molecule has 1 fully saturated rings. The fourth-order valence-electron chi connectivity index (χ4n) is 2.96. The van der Waals surface area contributed by atoms with Gasteiger partial charge in [0.15, 0.2) is 0 Å². The standard InChI is InChI=1S/C16H23ClN2O/c1-4-6-13-9-12(10-15(17)18-13)16(20)19-8-5-7-14(19)11(2)3/h9-11,14H,4-8H2,1-3H3. The first-order chi connectivity index (χ1) is 9.52. The Kier molecular flexibility index (Phi) is 5.03. The molecule has 0 spiro atoms. The third-order valence-corrected chi connectivity index (χ3v) is 4.12. The van der Waals surface area contributed by atoms with Gasteiger partial charge in [-0.3, -0.25) is 4.79 Å². The maximum atomic E-state index is 12.7.